The summed E-state index contributed by atoms with van der Waals surface area (Å²) >= 11 is 0. The molecule has 0 bridgehead atoms. The van der Waals surface area contributed by atoms with E-state index in [4.69, 9.17) is 15.9 Å². The lowest BCUT2D eigenvalue weighted by Crippen LogP contribution is -2.57. The fourth-order valence-electron chi connectivity index (χ4n) is 1.05. The Bertz CT molecular complexity index is 329. The standard InChI is InChI=1S/C6H15BN3O4S/c1-6(2,10-7-9)5(11)4(8)3-15(12,13)14/h4,10H,3,8-9H2,1-2H3,(H,12,13,14). The predicted molar refractivity (Wildman–Crippen MR) is 56.6 cm³/mol. The molecule has 1 atom stereocenters. The summed E-state index contributed by atoms with van der Waals surface area (Å²) in [6.45, 7) is 3.01. The number of hydrogen-bond donors (Lipinski definition) is 4. The van der Waals surface area contributed by atoms with Gasteiger partial charge in [-0.25, -0.2) is 0 Å². The number of nitrogens with two attached hydrogens (primary N) is 2. The summed E-state index contributed by atoms with van der Waals surface area (Å²) in [5.74, 6) is -1.36. The Labute approximate surface area is 89.6 Å². The van der Waals surface area contributed by atoms with Crippen molar-refractivity contribution in [2.24, 2.45) is 11.4 Å². The molecule has 0 saturated heterocycles. The maximum Gasteiger partial charge on any atom is 0.305 e. The third-order valence-corrected chi connectivity index (χ3v) is 2.57. The van der Waals surface area contributed by atoms with Crippen LogP contribution in [-0.4, -0.2) is 43.6 Å². The van der Waals surface area contributed by atoms with Gasteiger partial charge in [0.15, 0.2) is 5.78 Å². The van der Waals surface area contributed by atoms with Gasteiger partial charge in [0, 0.05) is 0 Å². The van der Waals surface area contributed by atoms with Crippen LogP contribution in [0.3, 0.4) is 0 Å². The Kier molecular flexibility index (Phi) is 4.88. The van der Waals surface area contributed by atoms with Gasteiger partial charge < -0.3 is 16.6 Å². The highest BCUT2D eigenvalue weighted by Gasteiger charge is 2.32. The number of rotatable bonds is 6. The van der Waals surface area contributed by atoms with Crippen LogP contribution >= 0.6 is 0 Å². The van der Waals surface area contributed by atoms with Crippen molar-refractivity contribution in [3.8, 4) is 0 Å². The van der Waals surface area contributed by atoms with Crippen LogP contribution in [0.25, 0.3) is 0 Å². The molecule has 0 aromatic rings. The molecule has 0 aliphatic heterocycles. The molecule has 0 saturated carbocycles. The highest BCUT2D eigenvalue weighted by Crippen LogP contribution is 2.06. The Morgan fingerprint density at radius 3 is 2.40 bits per heavy atom. The molecule has 0 spiro atoms. The van der Waals surface area contributed by atoms with Gasteiger partial charge >= 0.3 is 7.55 Å². The summed E-state index contributed by atoms with van der Waals surface area (Å²) in [6, 6.07) is -1.29. The zero-order valence-corrected chi connectivity index (χ0v) is 9.41. The predicted octanol–water partition coefficient (Wildman–Crippen LogP) is -2.37. The number of nitrogens with one attached hydrogen (secondary N) is 1. The summed E-state index contributed by atoms with van der Waals surface area (Å²) in [6.07, 6.45) is 0. The smallest absolute Gasteiger partial charge is 0.305 e. The third-order valence-electron chi connectivity index (χ3n) is 1.79. The van der Waals surface area contributed by atoms with Crippen LogP contribution in [0, 0.1) is 0 Å². The second-order valence-corrected chi connectivity index (χ2v) is 5.15. The average Bonchev–Trinajstić information content (AvgIpc) is 1.99. The average molecular weight is 236 g/mol. The van der Waals surface area contributed by atoms with Gasteiger partial charge in [-0.1, -0.05) is 0 Å². The van der Waals surface area contributed by atoms with E-state index >= 15 is 0 Å². The molecule has 0 rings (SSSR count). The van der Waals surface area contributed by atoms with E-state index in [9.17, 15) is 13.2 Å². The van der Waals surface area contributed by atoms with Crippen molar-refractivity contribution < 1.29 is 17.8 Å². The van der Waals surface area contributed by atoms with Crippen molar-refractivity contribution in [2.45, 2.75) is 25.4 Å². The molecule has 0 aromatic heterocycles. The van der Waals surface area contributed by atoms with Crippen molar-refractivity contribution in [1.82, 2.24) is 5.23 Å². The first-order valence-electron chi connectivity index (χ1n) is 4.16. The maximum absolute atomic E-state index is 11.6. The van der Waals surface area contributed by atoms with Gasteiger partial charge in [-0.3, -0.25) is 9.35 Å². The third kappa shape index (κ3) is 5.23. The van der Waals surface area contributed by atoms with E-state index in [1.165, 1.54) is 13.8 Å². The van der Waals surface area contributed by atoms with Crippen LogP contribution in [0.15, 0.2) is 0 Å². The first kappa shape index (κ1) is 14.5. The maximum atomic E-state index is 11.6. The summed E-state index contributed by atoms with van der Waals surface area (Å²) in [4.78, 5) is 11.6. The monoisotopic (exact) mass is 236 g/mol. The van der Waals surface area contributed by atoms with Crippen molar-refractivity contribution in [3.05, 3.63) is 0 Å². The number of ketones is 1. The van der Waals surface area contributed by atoms with Gasteiger partial charge in [0.25, 0.3) is 10.1 Å². The highest BCUT2D eigenvalue weighted by atomic mass is 32.2. The molecule has 0 fully saturated rings. The van der Waals surface area contributed by atoms with Gasteiger partial charge in [-0.05, 0) is 13.8 Å². The minimum absolute atomic E-state index is 0.554. The van der Waals surface area contributed by atoms with E-state index in [1.807, 2.05) is 0 Å². The topological polar surface area (TPSA) is 136 Å². The molecule has 0 aromatic carbocycles. The van der Waals surface area contributed by atoms with Gasteiger partial charge in [0.1, 0.15) is 0 Å². The number of carbonyl (C=O) groups excluding carboxylic acids is 1. The molecule has 0 aliphatic rings. The fourth-order valence-corrected chi connectivity index (χ4v) is 1.65. The van der Waals surface area contributed by atoms with Crippen LogP contribution in [-0.2, 0) is 14.9 Å². The lowest BCUT2D eigenvalue weighted by molar-refractivity contribution is -0.124. The molecule has 7 nitrogen and oxygen atoms in total. The summed E-state index contributed by atoms with van der Waals surface area (Å²) < 4.78 is 29.5. The van der Waals surface area contributed by atoms with Gasteiger partial charge in [-0.2, -0.15) is 8.42 Å². The van der Waals surface area contributed by atoms with Crippen molar-refractivity contribution >= 4 is 23.5 Å². The number of hydrogen-bond acceptors (Lipinski definition) is 6. The first-order chi connectivity index (χ1) is 6.60. The highest BCUT2D eigenvalue weighted by molar-refractivity contribution is 7.85. The van der Waals surface area contributed by atoms with Gasteiger partial charge in [-0.15, -0.1) is 0 Å². The lowest BCUT2D eigenvalue weighted by atomic mass is 9.91. The summed E-state index contributed by atoms with van der Waals surface area (Å²) in [5.41, 5.74) is 9.35. The van der Waals surface area contributed by atoms with E-state index in [1.54, 1.807) is 0 Å². The normalized spacial score (nSPS) is 14.7. The van der Waals surface area contributed by atoms with E-state index in [0.717, 1.165) is 7.55 Å². The molecule has 1 radical (unpaired) electrons. The zero-order chi connectivity index (χ0) is 12.3. The lowest BCUT2D eigenvalue weighted by Gasteiger charge is -2.26. The van der Waals surface area contributed by atoms with E-state index in [0.29, 0.717) is 0 Å². The first-order valence-corrected chi connectivity index (χ1v) is 5.77. The summed E-state index contributed by atoms with van der Waals surface area (Å²) in [5, 5.41) is 2.54. The van der Waals surface area contributed by atoms with Crippen molar-refractivity contribution in [3.63, 3.8) is 0 Å². The number of Topliss-reactive ketones (excluding diaryl/α,β-unsaturated/α-hetero) is 1. The van der Waals surface area contributed by atoms with Crippen molar-refractivity contribution in [2.75, 3.05) is 5.75 Å². The molecule has 6 N–H and O–H groups in total. The van der Waals surface area contributed by atoms with Gasteiger partial charge in [0.05, 0.1) is 17.3 Å². The SMILES string of the molecule is CC(C)(N[B]N)C(=O)C(N)CS(=O)(=O)O. The second kappa shape index (κ2) is 5.04. The molecule has 87 valence electrons. The van der Waals surface area contributed by atoms with Crippen LogP contribution in [0.2, 0.25) is 0 Å². The number of carbonyl (C=O) groups is 1. The molecular formula is C6H15BN3O4S. The molecular weight excluding hydrogens is 221 g/mol. The molecule has 1 unspecified atom stereocenters. The Balaban J connectivity index is 4.58. The minimum Gasteiger partial charge on any atom is -0.360 e. The molecule has 0 amide bonds. The molecule has 0 heterocycles. The van der Waals surface area contributed by atoms with Crippen LogP contribution in [0.1, 0.15) is 13.8 Å². The van der Waals surface area contributed by atoms with E-state index in [2.05, 4.69) is 5.23 Å². The second-order valence-electron chi connectivity index (χ2n) is 3.66. The summed E-state index contributed by atoms with van der Waals surface area (Å²) in [7, 11) is -3.19. The van der Waals surface area contributed by atoms with E-state index in [-0.39, 0.29) is 0 Å². The Morgan fingerprint density at radius 1 is 1.60 bits per heavy atom. The van der Waals surface area contributed by atoms with Gasteiger partial charge in [0.2, 0.25) is 0 Å². The van der Waals surface area contributed by atoms with Crippen LogP contribution < -0.4 is 16.6 Å². The molecule has 9 heteroatoms. The quantitative estimate of drug-likeness (QED) is 0.299. The minimum atomic E-state index is -4.26. The zero-order valence-electron chi connectivity index (χ0n) is 8.60. The van der Waals surface area contributed by atoms with Crippen LogP contribution in [0.5, 0.6) is 0 Å². The Morgan fingerprint density at radius 2 is 2.07 bits per heavy atom. The Hall–Kier alpha value is -0.475. The van der Waals surface area contributed by atoms with Crippen LogP contribution in [0.4, 0.5) is 0 Å². The fraction of sp³-hybridized carbons (Fsp3) is 0.833. The molecule has 0 aliphatic carbocycles. The largest absolute Gasteiger partial charge is 0.360 e. The molecule has 15 heavy (non-hydrogen) atoms. The van der Waals surface area contributed by atoms with Crippen molar-refractivity contribution in [1.29, 1.82) is 0 Å². The van der Waals surface area contributed by atoms with E-state index < -0.39 is 33.2 Å².